The van der Waals surface area contributed by atoms with Gasteiger partial charge in [-0.25, -0.2) is 4.79 Å². The van der Waals surface area contributed by atoms with Crippen molar-refractivity contribution in [2.75, 3.05) is 13.7 Å². The first-order valence-corrected chi connectivity index (χ1v) is 7.80. The van der Waals surface area contributed by atoms with Crippen LogP contribution in [0.2, 0.25) is 0 Å². The van der Waals surface area contributed by atoms with E-state index in [1.54, 1.807) is 31.4 Å². The molecule has 0 unspecified atom stereocenters. The van der Waals surface area contributed by atoms with Gasteiger partial charge in [-0.3, -0.25) is 4.79 Å². The van der Waals surface area contributed by atoms with Crippen molar-refractivity contribution in [2.24, 2.45) is 0 Å². The van der Waals surface area contributed by atoms with Crippen LogP contribution < -0.4 is 14.8 Å². The van der Waals surface area contributed by atoms with Crippen LogP contribution in [-0.4, -0.2) is 37.7 Å². The Morgan fingerprint density at radius 2 is 1.88 bits per heavy atom. The van der Waals surface area contributed by atoms with Crippen molar-refractivity contribution < 1.29 is 23.8 Å². The second-order valence-electron chi connectivity index (χ2n) is 5.74. The maximum absolute atomic E-state index is 11.6. The fourth-order valence-electron chi connectivity index (χ4n) is 1.85. The summed E-state index contributed by atoms with van der Waals surface area (Å²) in [6.45, 7) is 7.22. The van der Waals surface area contributed by atoms with Gasteiger partial charge < -0.3 is 19.5 Å². The van der Waals surface area contributed by atoms with Gasteiger partial charge in [0, 0.05) is 12.1 Å². The van der Waals surface area contributed by atoms with E-state index in [4.69, 9.17) is 14.2 Å². The Morgan fingerprint density at radius 3 is 2.46 bits per heavy atom. The van der Waals surface area contributed by atoms with Gasteiger partial charge in [-0.15, -0.1) is 0 Å². The molecule has 0 aliphatic rings. The molecule has 0 heterocycles. The summed E-state index contributed by atoms with van der Waals surface area (Å²) in [5.41, 5.74) is 0.756. The van der Waals surface area contributed by atoms with Crippen LogP contribution in [0.15, 0.2) is 24.3 Å². The lowest BCUT2D eigenvalue weighted by atomic mass is 10.2. The predicted molar refractivity (Wildman–Crippen MR) is 92.0 cm³/mol. The van der Waals surface area contributed by atoms with E-state index in [-0.39, 0.29) is 24.7 Å². The summed E-state index contributed by atoms with van der Waals surface area (Å²) in [7, 11) is 1.55. The highest BCUT2D eigenvalue weighted by atomic mass is 16.5. The molecule has 0 aliphatic carbocycles. The smallest absolute Gasteiger partial charge is 0.331 e. The van der Waals surface area contributed by atoms with E-state index in [1.165, 1.54) is 6.08 Å². The number of amides is 1. The highest BCUT2D eigenvalue weighted by Gasteiger charge is 2.08. The van der Waals surface area contributed by atoms with Crippen LogP contribution in [0.1, 0.15) is 33.3 Å². The largest absolute Gasteiger partial charge is 0.493 e. The summed E-state index contributed by atoms with van der Waals surface area (Å²) in [6, 6.07) is 5.34. The van der Waals surface area contributed by atoms with Crippen LogP contribution in [0.25, 0.3) is 6.08 Å². The molecule has 24 heavy (non-hydrogen) atoms. The molecule has 1 aromatic carbocycles. The maximum Gasteiger partial charge on any atom is 0.331 e. The molecule has 0 fully saturated rings. The summed E-state index contributed by atoms with van der Waals surface area (Å²) in [5.74, 6) is 0.298. The number of benzene rings is 1. The SMILES string of the molecule is COc1cc(/C=C/C(=O)OCC(=O)NC(C)C)ccc1OC(C)C. The normalized spacial score (nSPS) is 11.0. The van der Waals surface area contributed by atoms with Crippen LogP contribution in [-0.2, 0) is 14.3 Å². The molecule has 0 saturated carbocycles. The van der Waals surface area contributed by atoms with Gasteiger partial charge >= 0.3 is 5.97 Å². The van der Waals surface area contributed by atoms with Crippen LogP contribution in [0, 0.1) is 0 Å². The van der Waals surface area contributed by atoms with Gasteiger partial charge in [-0.2, -0.15) is 0 Å². The number of esters is 1. The van der Waals surface area contributed by atoms with Gasteiger partial charge in [-0.1, -0.05) is 6.07 Å². The van der Waals surface area contributed by atoms with Crippen LogP contribution in [0.3, 0.4) is 0 Å². The van der Waals surface area contributed by atoms with Crippen molar-refractivity contribution in [3.05, 3.63) is 29.8 Å². The highest BCUT2D eigenvalue weighted by Crippen LogP contribution is 2.29. The van der Waals surface area contributed by atoms with Crippen molar-refractivity contribution in [3.8, 4) is 11.5 Å². The lowest BCUT2D eigenvalue weighted by Crippen LogP contribution is -2.33. The average molecular weight is 335 g/mol. The van der Waals surface area contributed by atoms with E-state index < -0.39 is 5.97 Å². The molecule has 0 radical (unpaired) electrons. The molecule has 0 aromatic heterocycles. The second kappa shape index (κ2) is 9.60. The molecule has 6 nitrogen and oxygen atoms in total. The first-order valence-electron chi connectivity index (χ1n) is 7.80. The summed E-state index contributed by atoms with van der Waals surface area (Å²) < 4.78 is 15.8. The summed E-state index contributed by atoms with van der Waals surface area (Å²) in [4.78, 5) is 23.0. The molecular weight excluding hydrogens is 310 g/mol. The maximum atomic E-state index is 11.6. The molecule has 132 valence electrons. The summed E-state index contributed by atoms with van der Waals surface area (Å²) >= 11 is 0. The van der Waals surface area contributed by atoms with Crippen molar-refractivity contribution in [3.63, 3.8) is 0 Å². The molecule has 1 aromatic rings. The molecule has 0 aliphatic heterocycles. The van der Waals surface area contributed by atoms with E-state index in [0.717, 1.165) is 5.56 Å². The van der Waals surface area contributed by atoms with Gasteiger partial charge in [0.2, 0.25) is 0 Å². The number of rotatable bonds is 8. The van der Waals surface area contributed by atoms with E-state index in [1.807, 2.05) is 27.7 Å². The average Bonchev–Trinajstić information content (AvgIpc) is 2.50. The fourth-order valence-corrected chi connectivity index (χ4v) is 1.85. The monoisotopic (exact) mass is 335 g/mol. The zero-order chi connectivity index (χ0) is 18.1. The number of nitrogens with one attached hydrogen (secondary N) is 1. The Morgan fingerprint density at radius 1 is 1.17 bits per heavy atom. The lowest BCUT2D eigenvalue weighted by molar-refractivity contribution is -0.143. The van der Waals surface area contributed by atoms with Crippen molar-refractivity contribution in [1.29, 1.82) is 0 Å². The van der Waals surface area contributed by atoms with E-state index in [2.05, 4.69) is 5.32 Å². The number of carbonyl (C=O) groups is 2. The Hall–Kier alpha value is -2.50. The molecule has 0 saturated heterocycles. The Bertz CT molecular complexity index is 593. The zero-order valence-corrected chi connectivity index (χ0v) is 14.8. The van der Waals surface area contributed by atoms with Gasteiger partial charge in [0.05, 0.1) is 13.2 Å². The molecule has 0 spiro atoms. The minimum absolute atomic E-state index is 0.00535. The number of hydrogen-bond donors (Lipinski definition) is 1. The second-order valence-corrected chi connectivity index (χ2v) is 5.74. The van der Waals surface area contributed by atoms with E-state index in [9.17, 15) is 9.59 Å². The van der Waals surface area contributed by atoms with Gasteiger partial charge in [0.1, 0.15) is 0 Å². The zero-order valence-electron chi connectivity index (χ0n) is 14.8. The summed E-state index contributed by atoms with van der Waals surface area (Å²) in [5, 5.41) is 2.64. The number of ether oxygens (including phenoxy) is 3. The minimum Gasteiger partial charge on any atom is -0.493 e. The first kappa shape index (κ1) is 19.5. The lowest BCUT2D eigenvalue weighted by Gasteiger charge is -2.13. The van der Waals surface area contributed by atoms with E-state index >= 15 is 0 Å². The molecule has 1 N–H and O–H groups in total. The highest BCUT2D eigenvalue weighted by molar-refractivity contribution is 5.89. The molecule has 1 amide bonds. The Kier molecular flexibility index (Phi) is 7.82. The molecule has 6 heteroatoms. The Balaban J connectivity index is 2.63. The van der Waals surface area contributed by atoms with Crippen LogP contribution in [0.4, 0.5) is 0 Å². The quantitative estimate of drug-likeness (QED) is 0.584. The van der Waals surface area contributed by atoms with Gasteiger partial charge in [-0.05, 0) is 51.5 Å². The van der Waals surface area contributed by atoms with Gasteiger partial charge in [0.15, 0.2) is 18.1 Å². The first-order chi connectivity index (χ1) is 11.3. The molecular formula is C18H25NO5. The third-order valence-electron chi connectivity index (χ3n) is 2.76. The van der Waals surface area contributed by atoms with Gasteiger partial charge in [0.25, 0.3) is 5.91 Å². The number of methoxy groups -OCH3 is 1. The topological polar surface area (TPSA) is 73.9 Å². The minimum atomic E-state index is -0.588. The third kappa shape index (κ3) is 7.17. The van der Waals surface area contributed by atoms with Crippen LogP contribution in [0.5, 0.6) is 11.5 Å². The predicted octanol–water partition coefficient (Wildman–Crippen LogP) is 2.56. The third-order valence-corrected chi connectivity index (χ3v) is 2.76. The molecule has 1 rings (SSSR count). The number of hydrogen-bond acceptors (Lipinski definition) is 5. The van der Waals surface area contributed by atoms with E-state index in [0.29, 0.717) is 11.5 Å². The summed E-state index contributed by atoms with van der Waals surface area (Å²) in [6.07, 6.45) is 2.89. The standard InChI is InChI=1S/C18H25NO5/c1-12(2)19-17(20)11-23-18(21)9-7-14-6-8-15(24-13(3)4)16(10-14)22-5/h6-10,12-13H,11H2,1-5H3,(H,19,20)/b9-7+. The van der Waals surface area contributed by atoms with Crippen molar-refractivity contribution in [2.45, 2.75) is 39.8 Å². The fraction of sp³-hybridized carbons (Fsp3) is 0.444. The number of carbonyl (C=O) groups excluding carboxylic acids is 2. The Labute approximate surface area is 142 Å². The molecule has 0 bridgehead atoms. The molecule has 0 atom stereocenters. The van der Waals surface area contributed by atoms with Crippen molar-refractivity contribution >= 4 is 18.0 Å². The van der Waals surface area contributed by atoms with Crippen LogP contribution >= 0.6 is 0 Å². The van der Waals surface area contributed by atoms with Crippen molar-refractivity contribution in [1.82, 2.24) is 5.32 Å².